The lowest BCUT2D eigenvalue weighted by molar-refractivity contribution is -0.362. The standard InChI is InChI=1S/C33H39F5N2O3/c1-30-19-26(20-4-6-21(7-5-20)29(42)39-14-17-40-15-2-3-16-40)28-24-11-9-23(41)18-22(24)8-10-25(28)27(30)12-13-31(30,43)32(34,35)33(36,37)38/h4-7,18,25-27,43H,2-3,8-17,19H2,1H3,(H,39,42)/t25?,26-,27?,30+,31-/m1/s1. The summed E-state index contributed by atoms with van der Waals surface area (Å²) in [5, 5.41) is 14.3. The highest BCUT2D eigenvalue weighted by Gasteiger charge is 2.79. The molecule has 0 radical (unpaired) electrons. The van der Waals surface area contributed by atoms with Gasteiger partial charge in [0.1, 0.15) is 5.60 Å². The third kappa shape index (κ3) is 4.87. The van der Waals surface area contributed by atoms with Crippen molar-refractivity contribution in [3.8, 4) is 0 Å². The molecule has 5 atom stereocenters. The maximum Gasteiger partial charge on any atom is 0.456 e. The number of hydrogen-bond acceptors (Lipinski definition) is 4. The van der Waals surface area contributed by atoms with Crippen molar-refractivity contribution in [3.05, 3.63) is 58.2 Å². The molecule has 0 spiro atoms. The number of fused-ring (bicyclic) bond motifs is 4. The summed E-state index contributed by atoms with van der Waals surface area (Å²) < 4.78 is 71.6. The van der Waals surface area contributed by atoms with Gasteiger partial charge in [-0.2, -0.15) is 22.0 Å². The number of benzene rings is 1. The number of halogens is 5. The molecular formula is C33H39F5N2O3. The Labute approximate surface area is 248 Å². The van der Waals surface area contributed by atoms with Crippen molar-refractivity contribution in [2.45, 2.75) is 88.3 Å². The van der Waals surface area contributed by atoms with E-state index in [0.717, 1.165) is 49.2 Å². The Bertz CT molecular complexity index is 1350. The molecule has 3 fully saturated rings. The molecule has 5 nitrogen and oxygen atoms in total. The van der Waals surface area contributed by atoms with Gasteiger partial charge in [0.2, 0.25) is 0 Å². The fraction of sp³-hybridized carbons (Fsp3) is 0.636. The number of carbonyl (C=O) groups is 2. The Hall–Kier alpha value is -2.59. The number of likely N-dealkylation sites (tertiary alicyclic amines) is 1. The molecule has 2 saturated carbocycles. The van der Waals surface area contributed by atoms with Crippen molar-refractivity contribution < 1.29 is 36.6 Å². The highest BCUT2D eigenvalue weighted by molar-refractivity contribution is 5.94. The minimum absolute atomic E-state index is 0.0372. The number of allylic oxidation sites excluding steroid dienone is 4. The van der Waals surface area contributed by atoms with Crippen LogP contribution in [0, 0.1) is 17.3 Å². The molecule has 1 aromatic rings. The topological polar surface area (TPSA) is 69.6 Å². The minimum Gasteiger partial charge on any atom is -0.383 e. The van der Waals surface area contributed by atoms with E-state index in [-0.39, 0.29) is 30.4 Å². The Morgan fingerprint density at radius 3 is 2.42 bits per heavy atom. The molecule has 1 amide bonds. The van der Waals surface area contributed by atoms with E-state index in [2.05, 4.69) is 10.2 Å². The molecule has 6 rings (SSSR count). The molecule has 5 aliphatic rings. The van der Waals surface area contributed by atoms with Crippen LogP contribution in [0.3, 0.4) is 0 Å². The summed E-state index contributed by atoms with van der Waals surface area (Å²) in [7, 11) is 0. The van der Waals surface area contributed by atoms with E-state index in [0.29, 0.717) is 43.4 Å². The van der Waals surface area contributed by atoms with Gasteiger partial charge in [-0.3, -0.25) is 9.59 Å². The first-order valence-electron chi connectivity index (χ1n) is 15.5. The quantitative estimate of drug-likeness (QED) is 0.371. The van der Waals surface area contributed by atoms with Crippen LogP contribution in [0.25, 0.3) is 0 Å². The van der Waals surface area contributed by atoms with Crippen LogP contribution >= 0.6 is 0 Å². The number of amides is 1. The Morgan fingerprint density at radius 2 is 1.74 bits per heavy atom. The molecule has 43 heavy (non-hydrogen) atoms. The smallest absolute Gasteiger partial charge is 0.383 e. The third-order valence-electron chi connectivity index (χ3n) is 11.2. The van der Waals surface area contributed by atoms with Crippen molar-refractivity contribution in [2.24, 2.45) is 17.3 Å². The molecular weight excluding hydrogens is 567 g/mol. The van der Waals surface area contributed by atoms with Crippen molar-refractivity contribution in [1.82, 2.24) is 10.2 Å². The number of nitrogens with zero attached hydrogens (tertiary/aromatic N) is 1. The van der Waals surface area contributed by atoms with Crippen LogP contribution in [0.15, 0.2) is 47.1 Å². The van der Waals surface area contributed by atoms with Crippen molar-refractivity contribution in [3.63, 3.8) is 0 Å². The van der Waals surface area contributed by atoms with E-state index in [9.17, 15) is 27.9 Å². The number of hydrogen-bond donors (Lipinski definition) is 2. The number of aliphatic hydroxyl groups is 1. The fourth-order valence-corrected chi connectivity index (χ4v) is 9.02. The lowest BCUT2D eigenvalue weighted by Gasteiger charge is -2.56. The van der Waals surface area contributed by atoms with Crippen LogP contribution in [-0.2, 0) is 4.79 Å². The monoisotopic (exact) mass is 606 g/mol. The summed E-state index contributed by atoms with van der Waals surface area (Å²) in [6.45, 7) is 4.75. The molecule has 1 heterocycles. The summed E-state index contributed by atoms with van der Waals surface area (Å²) in [5.41, 5.74) is -0.844. The SMILES string of the molecule is C[C@]12C[C@H](c3ccc(C(=O)NCCN4CCCC4)cc3)C3=C4CCC(=O)C=C4CCC3C1CC[C@]2(O)C(F)(F)C(F)(F)F. The Morgan fingerprint density at radius 1 is 1.05 bits per heavy atom. The predicted molar refractivity (Wildman–Crippen MR) is 151 cm³/mol. The van der Waals surface area contributed by atoms with Crippen LogP contribution in [0.2, 0.25) is 0 Å². The largest absolute Gasteiger partial charge is 0.456 e. The normalized spacial score (nSPS) is 33.1. The van der Waals surface area contributed by atoms with E-state index in [4.69, 9.17) is 0 Å². The average molecular weight is 607 g/mol. The first-order valence-corrected chi connectivity index (χ1v) is 15.5. The molecule has 4 aliphatic carbocycles. The van der Waals surface area contributed by atoms with Gasteiger partial charge in [0.15, 0.2) is 5.78 Å². The molecule has 10 heteroatoms. The minimum atomic E-state index is -5.89. The van der Waals surface area contributed by atoms with Gasteiger partial charge in [0, 0.05) is 36.4 Å². The van der Waals surface area contributed by atoms with E-state index in [1.165, 1.54) is 6.92 Å². The Kier molecular flexibility index (Phi) is 7.64. The fourth-order valence-electron chi connectivity index (χ4n) is 9.02. The molecule has 0 aromatic heterocycles. The van der Waals surface area contributed by atoms with Crippen LogP contribution in [0.1, 0.15) is 86.6 Å². The lowest BCUT2D eigenvalue weighted by atomic mass is 9.50. The molecule has 1 aromatic carbocycles. The zero-order valence-electron chi connectivity index (χ0n) is 24.4. The second-order valence-corrected chi connectivity index (χ2v) is 13.4. The lowest BCUT2D eigenvalue weighted by Crippen LogP contribution is -2.65. The molecule has 2 N–H and O–H groups in total. The number of rotatable bonds is 6. The highest BCUT2D eigenvalue weighted by atomic mass is 19.4. The summed E-state index contributed by atoms with van der Waals surface area (Å²) in [6, 6.07) is 6.86. The van der Waals surface area contributed by atoms with Crippen molar-refractivity contribution in [1.29, 1.82) is 0 Å². The van der Waals surface area contributed by atoms with Gasteiger partial charge < -0.3 is 15.3 Å². The van der Waals surface area contributed by atoms with Gasteiger partial charge in [0.25, 0.3) is 5.91 Å². The summed E-state index contributed by atoms with van der Waals surface area (Å²) in [6.07, 6.45) is -0.632. The molecule has 0 bridgehead atoms. The highest BCUT2D eigenvalue weighted by Crippen LogP contribution is 2.70. The predicted octanol–water partition coefficient (Wildman–Crippen LogP) is 6.34. The van der Waals surface area contributed by atoms with Crippen molar-refractivity contribution >= 4 is 11.7 Å². The van der Waals surface area contributed by atoms with Crippen LogP contribution < -0.4 is 5.32 Å². The molecule has 1 aliphatic heterocycles. The van der Waals surface area contributed by atoms with E-state index in [1.807, 2.05) is 0 Å². The number of ketones is 1. The van der Waals surface area contributed by atoms with E-state index in [1.54, 1.807) is 30.3 Å². The first-order chi connectivity index (χ1) is 20.3. The summed E-state index contributed by atoms with van der Waals surface area (Å²) in [4.78, 5) is 27.4. The van der Waals surface area contributed by atoms with E-state index < -0.39 is 41.4 Å². The second-order valence-electron chi connectivity index (χ2n) is 13.4. The summed E-state index contributed by atoms with van der Waals surface area (Å²) >= 11 is 0. The number of carbonyl (C=O) groups excluding carboxylic acids is 2. The number of nitrogens with one attached hydrogen (secondary N) is 1. The summed E-state index contributed by atoms with van der Waals surface area (Å²) in [5.74, 6) is -6.83. The van der Waals surface area contributed by atoms with Gasteiger partial charge in [-0.25, -0.2) is 0 Å². The maximum atomic E-state index is 15.2. The average Bonchev–Trinajstić information content (AvgIpc) is 3.58. The van der Waals surface area contributed by atoms with E-state index >= 15 is 8.78 Å². The van der Waals surface area contributed by atoms with Crippen LogP contribution in [0.4, 0.5) is 22.0 Å². The zero-order chi connectivity index (χ0) is 30.8. The second kappa shape index (κ2) is 10.8. The van der Waals surface area contributed by atoms with Gasteiger partial charge >= 0.3 is 12.1 Å². The van der Waals surface area contributed by atoms with Gasteiger partial charge in [-0.15, -0.1) is 0 Å². The van der Waals surface area contributed by atoms with Crippen LogP contribution in [0.5, 0.6) is 0 Å². The van der Waals surface area contributed by atoms with Gasteiger partial charge in [-0.1, -0.05) is 24.6 Å². The Balaban J connectivity index is 1.35. The maximum absolute atomic E-state index is 15.2. The third-order valence-corrected chi connectivity index (χ3v) is 11.2. The number of alkyl halides is 5. The van der Waals surface area contributed by atoms with Crippen molar-refractivity contribution in [2.75, 3.05) is 26.2 Å². The van der Waals surface area contributed by atoms with Gasteiger partial charge in [0.05, 0.1) is 0 Å². The molecule has 2 unspecified atom stereocenters. The first kappa shape index (κ1) is 30.4. The molecule has 234 valence electrons. The van der Waals surface area contributed by atoms with Gasteiger partial charge in [-0.05, 0) is 111 Å². The van der Waals surface area contributed by atoms with Crippen LogP contribution in [-0.4, -0.2) is 65.6 Å². The molecule has 1 saturated heterocycles. The zero-order valence-corrected chi connectivity index (χ0v) is 24.4.